The van der Waals surface area contributed by atoms with Crippen LogP contribution in [0.3, 0.4) is 0 Å². The maximum Gasteiger partial charge on any atom is 0.137 e. The van der Waals surface area contributed by atoms with E-state index in [0.29, 0.717) is 12.3 Å². The molecule has 1 N–H and O–H groups in total. The molecule has 5 heteroatoms. The summed E-state index contributed by atoms with van der Waals surface area (Å²) in [6.07, 6.45) is 0.886. The van der Waals surface area contributed by atoms with Crippen molar-refractivity contribution >= 4 is 15.9 Å². The van der Waals surface area contributed by atoms with Crippen molar-refractivity contribution in [1.82, 2.24) is 5.32 Å². The van der Waals surface area contributed by atoms with Gasteiger partial charge < -0.3 is 9.73 Å². The molecule has 1 unspecified atom stereocenters. The van der Waals surface area contributed by atoms with Gasteiger partial charge in [0.15, 0.2) is 0 Å². The molecule has 0 amide bonds. The normalized spacial score (nSPS) is 12.7. The van der Waals surface area contributed by atoms with Gasteiger partial charge in [-0.1, -0.05) is 6.92 Å². The van der Waals surface area contributed by atoms with Gasteiger partial charge in [-0.15, -0.1) is 0 Å². The van der Waals surface area contributed by atoms with E-state index in [9.17, 15) is 8.78 Å². The number of nitrogens with one attached hydrogen (secondary N) is 1. The average molecular weight is 344 g/mol. The van der Waals surface area contributed by atoms with Crippen LogP contribution in [0, 0.1) is 18.6 Å². The second kappa shape index (κ2) is 6.50. The molecular weight excluding hydrogens is 328 g/mol. The summed E-state index contributed by atoms with van der Waals surface area (Å²) in [7, 11) is 0. The summed E-state index contributed by atoms with van der Waals surface area (Å²) in [5, 5.41) is 3.19. The van der Waals surface area contributed by atoms with Crippen LogP contribution in [0.2, 0.25) is 0 Å². The molecule has 0 fully saturated rings. The fourth-order valence-corrected chi connectivity index (χ4v) is 2.34. The van der Waals surface area contributed by atoms with Crippen LogP contribution in [-0.4, -0.2) is 6.54 Å². The molecule has 1 heterocycles. The molecule has 0 saturated heterocycles. The van der Waals surface area contributed by atoms with Crippen LogP contribution in [-0.2, 0) is 0 Å². The van der Waals surface area contributed by atoms with Crippen LogP contribution in [0.5, 0.6) is 0 Å². The number of hydrogen-bond acceptors (Lipinski definition) is 2. The summed E-state index contributed by atoms with van der Waals surface area (Å²) in [6.45, 7) is 4.51. The van der Waals surface area contributed by atoms with Crippen LogP contribution in [0.1, 0.15) is 36.5 Å². The van der Waals surface area contributed by atoms with E-state index in [1.165, 1.54) is 6.07 Å². The van der Waals surface area contributed by atoms with Gasteiger partial charge in [0.05, 0.1) is 10.5 Å². The van der Waals surface area contributed by atoms with Crippen molar-refractivity contribution in [1.29, 1.82) is 0 Å². The number of furan rings is 1. The SMILES string of the molecule is CCCNC(c1ccc(C)o1)c1cc(F)c(Br)cc1F. The fraction of sp³-hybridized carbons (Fsp3) is 0.333. The Balaban J connectivity index is 2.43. The van der Waals surface area contributed by atoms with Crippen LogP contribution in [0.15, 0.2) is 33.2 Å². The minimum Gasteiger partial charge on any atom is -0.464 e. The molecule has 0 saturated carbocycles. The maximum absolute atomic E-state index is 14.1. The Labute approximate surface area is 125 Å². The molecular formula is C15H16BrF2NO. The summed E-state index contributed by atoms with van der Waals surface area (Å²) in [5.74, 6) is 0.353. The highest BCUT2D eigenvalue weighted by Gasteiger charge is 2.22. The number of halogens is 3. The van der Waals surface area contributed by atoms with Crippen LogP contribution in [0.25, 0.3) is 0 Å². The molecule has 1 aromatic carbocycles. The molecule has 0 spiro atoms. The smallest absolute Gasteiger partial charge is 0.137 e. The van der Waals surface area contributed by atoms with E-state index in [-0.39, 0.29) is 10.0 Å². The monoisotopic (exact) mass is 343 g/mol. The van der Waals surface area contributed by atoms with Crippen molar-refractivity contribution in [2.45, 2.75) is 26.3 Å². The van der Waals surface area contributed by atoms with E-state index in [0.717, 1.165) is 18.2 Å². The highest BCUT2D eigenvalue weighted by Crippen LogP contribution is 2.29. The second-order valence-corrected chi connectivity index (χ2v) is 5.48. The van der Waals surface area contributed by atoms with Crippen molar-refractivity contribution < 1.29 is 13.2 Å². The zero-order valence-electron chi connectivity index (χ0n) is 11.3. The van der Waals surface area contributed by atoms with Crippen molar-refractivity contribution in [3.63, 3.8) is 0 Å². The maximum atomic E-state index is 14.1. The lowest BCUT2D eigenvalue weighted by atomic mass is 10.0. The van der Waals surface area contributed by atoms with Gasteiger partial charge in [-0.2, -0.15) is 0 Å². The summed E-state index contributed by atoms with van der Waals surface area (Å²) in [4.78, 5) is 0. The van der Waals surface area contributed by atoms with E-state index >= 15 is 0 Å². The first-order chi connectivity index (χ1) is 9.52. The number of benzene rings is 1. The molecule has 20 heavy (non-hydrogen) atoms. The standard InChI is InChI=1S/C15H16BrF2NO/c1-3-6-19-15(14-5-4-9(2)20-14)10-7-13(18)11(16)8-12(10)17/h4-5,7-8,15,19H,3,6H2,1-2H3. The molecule has 0 radical (unpaired) electrons. The first kappa shape index (κ1) is 15.2. The van der Waals surface area contributed by atoms with E-state index in [1.54, 1.807) is 6.07 Å². The van der Waals surface area contributed by atoms with E-state index in [4.69, 9.17) is 4.42 Å². The first-order valence-electron chi connectivity index (χ1n) is 6.47. The number of hydrogen-bond donors (Lipinski definition) is 1. The zero-order valence-corrected chi connectivity index (χ0v) is 12.9. The molecule has 0 bridgehead atoms. The first-order valence-corrected chi connectivity index (χ1v) is 7.26. The van der Waals surface area contributed by atoms with Gasteiger partial charge in [-0.3, -0.25) is 0 Å². The van der Waals surface area contributed by atoms with Gasteiger partial charge >= 0.3 is 0 Å². The predicted octanol–water partition coefficient (Wildman–Crippen LogP) is 4.72. The van der Waals surface area contributed by atoms with Gasteiger partial charge in [0.1, 0.15) is 23.2 Å². The largest absolute Gasteiger partial charge is 0.464 e. The Bertz CT molecular complexity index is 598. The highest BCUT2D eigenvalue weighted by atomic mass is 79.9. The lowest BCUT2D eigenvalue weighted by Gasteiger charge is -2.18. The molecule has 2 aromatic rings. The lowest BCUT2D eigenvalue weighted by Crippen LogP contribution is -2.24. The molecule has 108 valence electrons. The second-order valence-electron chi connectivity index (χ2n) is 4.62. The number of aryl methyl sites for hydroxylation is 1. The third-order valence-corrected chi connectivity index (χ3v) is 3.60. The van der Waals surface area contributed by atoms with Crippen LogP contribution >= 0.6 is 15.9 Å². The zero-order chi connectivity index (χ0) is 14.7. The summed E-state index contributed by atoms with van der Waals surface area (Å²) in [5.41, 5.74) is 0.244. The number of rotatable bonds is 5. The Morgan fingerprint density at radius 1 is 1.25 bits per heavy atom. The van der Waals surface area contributed by atoms with E-state index < -0.39 is 17.7 Å². The predicted molar refractivity (Wildman–Crippen MR) is 77.6 cm³/mol. The molecule has 2 rings (SSSR count). The Hall–Kier alpha value is -1.20. The quantitative estimate of drug-likeness (QED) is 0.794. The Morgan fingerprint density at radius 3 is 2.60 bits per heavy atom. The lowest BCUT2D eigenvalue weighted by molar-refractivity contribution is 0.420. The molecule has 0 aliphatic rings. The summed E-state index contributed by atoms with van der Waals surface area (Å²) >= 11 is 2.98. The third kappa shape index (κ3) is 3.27. The van der Waals surface area contributed by atoms with Gasteiger partial charge in [0.25, 0.3) is 0 Å². The van der Waals surface area contributed by atoms with Crippen molar-refractivity contribution in [2.75, 3.05) is 6.54 Å². The van der Waals surface area contributed by atoms with Gasteiger partial charge in [0.2, 0.25) is 0 Å². The summed E-state index contributed by atoms with van der Waals surface area (Å²) in [6, 6.07) is 5.43. The average Bonchev–Trinajstić information content (AvgIpc) is 2.82. The third-order valence-electron chi connectivity index (χ3n) is 2.99. The molecule has 1 aromatic heterocycles. The molecule has 2 nitrogen and oxygen atoms in total. The molecule has 0 aliphatic carbocycles. The molecule has 1 atom stereocenters. The van der Waals surface area contributed by atoms with E-state index in [1.807, 2.05) is 19.9 Å². The van der Waals surface area contributed by atoms with Gasteiger partial charge in [-0.25, -0.2) is 8.78 Å². The van der Waals surface area contributed by atoms with Crippen molar-refractivity contribution in [2.24, 2.45) is 0 Å². The molecule has 0 aliphatic heterocycles. The fourth-order valence-electron chi connectivity index (χ4n) is 2.02. The Morgan fingerprint density at radius 2 is 2.00 bits per heavy atom. The van der Waals surface area contributed by atoms with E-state index in [2.05, 4.69) is 21.2 Å². The van der Waals surface area contributed by atoms with Crippen LogP contribution in [0.4, 0.5) is 8.78 Å². The van der Waals surface area contributed by atoms with Gasteiger partial charge in [-0.05, 0) is 60.1 Å². The highest BCUT2D eigenvalue weighted by molar-refractivity contribution is 9.10. The summed E-state index contributed by atoms with van der Waals surface area (Å²) < 4.78 is 33.5. The van der Waals surface area contributed by atoms with Gasteiger partial charge in [0, 0.05) is 5.56 Å². The van der Waals surface area contributed by atoms with Crippen molar-refractivity contribution in [3.8, 4) is 0 Å². The Kier molecular flexibility index (Phi) is 4.94. The van der Waals surface area contributed by atoms with Crippen LogP contribution < -0.4 is 5.32 Å². The topological polar surface area (TPSA) is 25.2 Å². The minimum atomic E-state index is -0.494. The minimum absolute atomic E-state index is 0.114. The van der Waals surface area contributed by atoms with Crippen molar-refractivity contribution in [3.05, 3.63) is 57.5 Å².